The molecule has 0 bridgehead atoms. The van der Waals surface area contributed by atoms with Crippen LogP contribution >= 0.6 is 11.9 Å². The maximum Gasteiger partial charge on any atom is 0.334 e. The topological polar surface area (TPSA) is 85.4 Å². The van der Waals surface area contributed by atoms with Gasteiger partial charge in [-0.2, -0.15) is 0 Å². The minimum Gasteiger partial charge on any atom is -0.386 e. The lowest BCUT2D eigenvalue weighted by molar-refractivity contribution is -0.187. The number of hydrazine groups is 1. The molecular weight excluding hydrogens is 602 g/mol. The zero-order valence-electron chi connectivity index (χ0n) is 25.5. The number of halogens is 1. The molecule has 2 atom stereocenters. The van der Waals surface area contributed by atoms with Crippen molar-refractivity contribution in [2.75, 3.05) is 26.7 Å². The number of piperazine rings is 1. The molecule has 2 fully saturated rings. The van der Waals surface area contributed by atoms with Crippen LogP contribution in [0.2, 0.25) is 0 Å². The van der Waals surface area contributed by atoms with Gasteiger partial charge in [-0.15, -0.1) is 0 Å². The molecular formula is C36H36ClN5O4. The normalized spacial score (nSPS) is 18.5. The van der Waals surface area contributed by atoms with Crippen LogP contribution in [0.25, 0.3) is 0 Å². The molecule has 0 aliphatic carbocycles. The summed E-state index contributed by atoms with van der Waals surface area (Å²) in [6.07, 6.45) is -0.0282. The molecule has 0 unspecified atom stereocenters. The molecule has 6 rings (SSSR count). The third-order valence-electron chi connectivity index (χ3n) is 8.70. The van der Waals surface area contributed by atoms with Gasteiger partial charge in [0.2, 0.25) is 11.8 Å². The molecule has 0 saturated carbocycles. The molecule has 4 aromatic rings. The Balaban J connectivity index is 1.29. The van der Waals surface area contributed by atoms with Crippen LogP contribution in [-0.4, -0.2) is 70.5 Å². The summed E-state index contributed by atoms with van der Waals surface area (Å²) in [6, 6.07) is 35.7. The van der Waals surface area contributed by atoms with E-state index in [0.29, 0.717) is 24.3 Å². The first kappa shape index (κ1) is 31.1. The van der Waals surface area contributed by atoms with Gasteiger partial charge < -0.3 is 19.4 Å². The Morgan fingerprint density at radius 2 is 1.46 bits per heavy atom. The first-order valence-electron chi connectivity index (χ1n) is 15.3. The molecule has 0 spiro atoms. The number of urea groups is 1. The minimum atomic E-state index is -0.855. The SMILES string of the molecule is CN1CC(=O)N2[C@@H](c3ccccc3)C(=O)N(CCC(c3ccccc3)c3ccccc3)C[C@@H]2N1C(=O)NCc1ccc(OCl)cc1. The Labute approximate surface area is 274 Å². The van der Waals surface area contributed by atoms with E-state index in [9.17, 15) is 14.4 Å². The molecule has 46 heavy (non-hydrogen) atoms. The van der Waals surface area contributed by atoms with E-state index >= 15 is 0 Å². The van der Waals surface area contributed by atoms with Gasteiger partial charge in [-0.3, -0.25) is 9.59 Å². The van der Waals surface area contributed by atoms with Crippen LogP contribution in [0.4, 0.5) is 4.79 Å². The van der Waals surface area contributed by atoms with Gasteiger partial charge in [0.25, 0.3) is 0 Å². The molecule has 1 N–H and O–H groups in total. The van der Waals surface area contributed by atoms with Crippen molar-refractivity contribution in [1.82, 2.24) is 25.1 Å². The number of likely N-dealkylation sites (N-methyl/N-ethyl adjacent to an activating group) is 1. The molecule has 4 aromatic carbocycles. The average molecular weight is 638 g/mol. The highest BCUT2D eigenvalue weighted by atomic mass is 35.5. The smallest absolute Gasteiger partial charge is 0.334 e. The molecule has 236 valence electrons. The molecule has 2 aliphatic heterocycles. The Kier molecular flexibility index (Phi) is 9.51. The van der Waals surface area contributed by atoms with Gasteiger partial charge in [-0.25, -0.2) is 14.8 Å². The maximum atomic E-state index is 14.3. The van der Waals surface area contributed by atoms with Crippen molar-refractivity contribution in [2.45, 2.75) is 31.1 Å². The van der Waals surface area contributed by atoms with E-state index < -0.39 is 12.2 Å². The summed E-state index contributed by atoms with van der Waals surface area (Å²) >= 11 is 5.44. The number of nitrogens with one attached hydrogen (secondary N) is 1. The third kappa shape index (κ3) is 6.56. The second-order valence-electron chi connectivity index (χ2n) is 11.6. The maximum absolute atomic E-state index is 14.3. The average Bonchev–Trinajstić information content (AvgIpc) is 3.09. The van der Waals surface area contributed by atoms with Gasteiger partial charge in [-0.1, -0.05) is 103 Å². The Bertz CT molecular complexity index is 1600. The number of benzene rings is 4. The molecule has 2 saturated heterocycles. The summed E-state index contributed by atoms with van der Waals surface area (Å²) in [6.45, 7) is 0.854. The van der Waals surface area contributed by atoms with Gasteiger partial charge in [-0.05, 0) is 40.8 Å². The Morgan fingerprint density at radius 3 is 2.04 bits per heavy atom. The van der Waals surface area contributed by atoms with Crippen molar-refractivity contribution in [3.8, 4) is 5.75 Å². The van der Waals surface area contributed by atoms with Gasteiger partial charge in [0, 0.05) is 26.1 Å². The first-order valence-corrected chi connectivity index (χ1v) is 15.7. The molecule has 10 heteroatoms. The van der Waals surface area contributed by atoms with Gasteiger partial charge >= 0.3 is 6.03 Å². The third-order valence-corrected chi connectivity index (χ3v) is 8.88. The number of hydrogen-bond acceptors (Lipinski definition) is 5. The number of fused-ring (bicyclic) bond motifs is 1. The molecule has 0 radical (unpaired) electrons. The molecule has 4 amide bonds. The quantitative estimate of drug-likeness (QED) is 0.260. The van der Waals surface area contributed by atoms with Crippen LogP contribution in [0.1, 0.15) is 40.6 Å². The number of carbonyl (C=O) groups excluding carboxylic acids is 3. The Hall–Kier alpha value is -4.86. The van der Waals surface area contributed by atoms with Gasteiger partial charge in [0.1, 0.15) is 29.8 Å². The van der Waals surface area contributed by atoms with Crippen molar-refractivity contribution < 1.29 is 18.7 Å². The van der Waals surface area contributed by atoms with E-state index in [0.717, 1.165) is 5.56 Å². The van der Waals surface area contributed by atoms with Crippen LogP contribution in [0, 0.1) is 0 Å². The summed E-state index contributed by atoms with van der Waals surface area (Å²) in [5.41, 5.74) is 3.90. The summed E-state index contributed by atoms with van der Waals surface area (Å²) in [7, 11) is 1.72. The van der Waals surface area contributed by atoms with Crippen LogP contribution in [0.15, 0.2) is 115 Å². The van der Waals surface area contributed by atoms with E-state index in [1.165, 1.54) is 11.1 Å². The first-order chi connectivity index (χ1) is 22.4. The fraction of sp³-hybridized carbons (Fsp3) is 0.250. The number of amides is 4. The fourth-order valence-electron chi connectivity index (χ4n) is 6.45. The number of hydrogen-bond donors (Lipinski definition) is 1. The Morgan fingerprint density at radius 1 is 0.870 bits per heavy atom. The second kappa shape index (κ2) is 14.1. The molecule has 0 aromatic heterocycles. The fourth-order valence-corrected chi connectivity index (χ4v) is 6.56. The van der Waals surface area contributed by atoms with Gasteiger partial charge in [0.15, 0.2) is 0 Å². The zero-order chi connectivity index (χ0) is 32.0. The lowest BCUT2D eigenvalue weighted by atomic mass is 9.88. The number of rotatable bonds is 9. The lowest BCUT2D eigenvalue weighted by Crippen LogP contribution is -2.73. The highest BCUT2D eigenvalue weighted by Crippen LogP contribution is 2.36. The van der Waals surface area contributed by atoms with Crippen molar-refractivity contribution in [2.24, 2.45) is 0 Å². The van der Waals surface area contributed by atoms with Crippen LogP contribution in [0.5, 0.6) is 5.75 Å². The largest absolute Gasteiger partial charge is 0.386 e. The van der Waals surface area contributed by atoms with E-state index in [-0.39, 0.29) is 43.4 Å². The van der Waals surface area contributed by atoms with Crippen LogP contribution in [-0.2, 0) is 16.1 Å². The van der Waals surface area contributed by atoms with E-state index in [4.69, 9.17) is 16.2 Å². The van der Waals surface area contributed by atoms with Crippen LogP contribution in [0.3, 0.4) is 0 Å². The molecule has 2 aliphatic rings. The number of carbonyl (C=O) groups is 3. The predicted molar refractivity (Wildman–Crippen MR) is 175 cm³/mol. The molecule has 9 nitrogen and oxygen atoms in total. The highest BCUT2D eigenvalue weighted by molar-refractivity contribution is 6.09. The standard InChI is InChI=1S/C36H36ClN5O4/c1-39-25-33(43)41-32(42(39)36(45)38-23-26-17-19-30(46-37)20-18-26)24-40(35(44)34(41)29-15-9-4-10-16-29)22-21-31(27-11-5-2-6-12-27)28-13-7-3-8-14-28/h2-20,31-32,34H,21-25H2,1H3,(H,38,45)/t32-,34-/m0/s1. The van der Waals surface area contributed by atoms with E-state index in [1.807, 2.05) is 83.8 Å². The second-order valence-corrected chi connectivity index (χ2v) is 11.7. The summed E-state index contributed by atoms with van der Waals surface area (Å²) < 4.78 is 4.72. The van der Waals surface area contributed by atoms with Gasteiger partial charge in [0.05, 0.1) is 13.1 Å². The van der Waals surface area contributed by atoms with Crippen molar-refractivity contribution in [1.29, 1.82) is 0 Å². The highest BCUT2D eigenvalue weighted by Gasteiger charge is 2.51. The zero-order valence-corrected chi connectivity index (χ0v) is 26.3. The number of nitrogens with zero attached hydrogens (tertiary/aromatic N) is 4. The summed E-state index contributed by atoms with van der Waals surface area (Å²) in [5, 5.41) is 6.19. The van der Waals surface area contributed by atoms with E-state index in [1.54, 1.807) is 34.1 Å². The van der Waals surface area contributed by atoms with E-state index in [2.05, 4.69) is 29.6 Å². The minimum absolute atomic E-state index is 0.0353. The van der Waals surface area contributed by atoms with Crippen molar-refractivity contribution in [3.05, 3.63) is 138 Å². The summed E-state index contributed by atoms with van der Waals surface area (Å²) in [5.74, 6) is 0.208. The van der Waals surface area contributed by atoms with Crippen molar-refractivity contribution >= 4 is 29.7 Å². The summed E-state index contributed by atoms with van der Waals surface area (Å²) in [4.78, 5) is 45.2. The van der Waals surface area contributed by atoms with Crippen molar-refractivity contribution in [3.63, 3.8) is 0 Å². The monoisotopic (exact) mass is 637 g/mol. The van der Waals surface area contributed by atoms with Crippen LogP contribution < -0.4 is 9.61 Å². The lowest BCUT2D eigenvalue weighted by Gasteiger charge is -2.54. The predicted octanol–water partition coefficient (Wildman–Crippen LogP) is 5.55. The molecule has 2 heterocycles.